The van der Waals surface area contributed by atoms with Crippen molar-refractivity contribution in [1.29, 1.82) is 0 Å². The molecule has 28 heavy (non-hydrogen) atoms. The standard InChI is InChI=1S/C25H25NO2/c1-4-10-20(11-5-1)25(21-12-6-2-7-13-21,22-14-8-3-9-15-22)26(16-23-18-27-23)17-24-19-28-24/h1-15,23-24H,16-19H2. The summed E-state index contributed by atoms with van der Waals surface area (Å²) in [6, 6.07) is 32.5. The number of benzene rings is 3. The van der Waals surface area contributed by atoms with Crippen molar-refractivity contribution in [1.82, 2.24) is 4.90 Å². The number of hydrogen-bond acceptors (Lipinski definition) is 3. The highest BCUT2D eigenvalue weighted by Crippen LogP contribution is 2.43. The minimum Gasteiger partial charge on any atom is -0.372 e. The van der Waals surface area contributed by atoms with E-state index in [9.17, 15) is 0 Å². The van der Waals surface area contributed by atoms with Gasteiger partial charge in [0, 0.05) is 13.1 Å². The Bertz CT molecular complexity index is 779. The average Bonchev–Trinajstić information content (AvgIpc) is 3.68. The minimum absolute atomic E-state index is 0.300. The number of epoxide rings is 2. The Kier molecular flexibility index (Phi) is 4.73. The fraction of sp³-hybridized carbons (Fsp3) is 0.280. The third kappa shape index (κ3) is 3.37. The number of rotatable bonds is 8. The molecule has 2 saturated heterocycles. The minimum atomic E-state index is -0.387. The topological polar surface area (TPSA) is 28.3 Å². The van der Waals surface area contributed by atoms with Crippen LogP contribution in [0.1, 0.15) is 16.7 Å². The molecule has 2 atom stereocenters. The van der Waals surface area contributed by atoms with Gasteiger partial charge in [-0.2, -0.15) is 0 Å². The van der Waals surface area contributed by atoms with Gasteiger partial charge in [0.15, 0.2) is 0 Å². The van der Waals surface area contributed by atoms with E-state index in [1.165, 1.54) is 16.7 Å². The summed E-state index contributed by atoms with van der Waals surface area (Å²) in [5.41, 5.74) is 3.43. The Morgan fingerprint density at radius 3 is 1.21 bits per heavy atom. The van der Waals surface area contributed by atoms with Crippen LogP contribution < -0.4 is 0 Å². The Balaban J connectivity index is 1.75. The molecule has 0 aromatic heterocycles. The zero-order chi connectivity index (χ0) is 18.8. The first-order chi connectivity index (χ1) is 13.9. The number of nitrogens with zero attached hydrogens (tertiary/aromatic N) is 1. The van der Waals surface area contributed by atoms with E-state index in [1.54, 1.807) is 0 Å². The molecule has 0 amide bonds. The van der Waals surface area contributed by atoms with Crippen molar-refractivity contribution in [2.45, 2.75) is 17.7 Å². The van der Waals surface area contributed by atoms with Crippen LogP contribution in [0.2, 0.25) is 0 Å². The normalized spacial score (nSPS) is 20.9. The molecular weight excluding hydrogens is 346 g/mol. The molecule has 3 nitrogen and oxygen atoms in total. The molecule has 3 aromatic rings. The van der Waals surface area contributed by atoms with Crippen LogP contribution in [0.5, 0.6) is 0 Å². The van der Waals surface area contributed by atoms with Gasteiger partial charge in [0.25, 0.3) is 0 Å². The molecule has 3 heteroatoms. The van der Waals surface area contributed by atoms with Crippen LogP contribution in [0.15, 0.2) is 91.0 Å². The summed E-state index contributed by atoms with van der Waals surface area (Å²) in [4.78, 5) is 2.57. The third-order valence-electron chi connectivity index (χ3n) is 5.70. The van der Waals surface area contributed by atoms with E-state index < -0.39 is 0 Å². The van der Waals surface area contributed by atoms with Crippen molar-refractivity contribution < 1.29 is 9.47 Å². The summed E-state index contributed by atoms with van der Waals surface area (Å²) in [6.07, 6.45) is 0.600. The van der Waals surface area contributed by atoms with Crippen molar-refractivity contribution in [3.63, 3.8) is 0 Å². The van der Waals surface area contributed by atoms with Gasteiger partial charge in [-0.05, 0) is 16.7 Å². The van der Waals surface area contributed by atoms with Gasteiger partial charge in [-0.1, -0.05) is 91.0 Å². The Labute approximate surface area is 166 Å². The molecule has 2 aliphatic heterocycles. The molecule has 3 aromatic carbocycles. The predicted molar refractivity (Wildman–Crippen MR) is 110 cm³/mol. The van der Waals surface area contributed by atoms with E-state index in [-0.39, 0.29) is 5.54 Å². The highest BCUT2D eigenvalue weighted by molar-refractivity contribution is 5.49. The van der Waals surface area contributed by atoms with Gasteiger partial charge in [-0.15, -0.1) is 0 Å². The van der Waals surface area contributed by atoms with E-state index in [4.69, 9.17) is 9.47 Å². The van der Waals surface area contributed by atoms with Crippen LogP contribution in [0, 0.1) is 0 Å². The average molecular weight is 371 g/mol. The first kappa shape index (κ1) is 17.6. The molecule has 2 unspecified atom stereocenters. The lowest BCUT2D eigenvalue weighted by Gasteiger charge is -2.45. The van der Waals surface area contributed by atoms with Gasteiger partial charge in [0.1, 0.15) is 0 Å². The Morgan fingerprint density at radius 2 is 0.929 bits per heavy atom. The van der Waals surface area contributed by atoms with E-state index in [0.717, 1.165) is 26.3 Å². The van der Waals surface area contributed by atoms with Gasteiger partial charge >= 0.3 is 0 Å². The van der Waals surface area contributed by atoms with E-state index >= 15 is 0 Å². The molecule has 142 valence electrons. The lowest BCUT2D eigenvalue weighted by Crippen LogP contribution is -2.51. The fourth-order valence-electron chi connectivity index (χ4n) is 4.27. The molecular formula is C25H25NO2. The SMILES string of the molecule is c1ccc(C(c2ccccc2)(c2ccccc2)N(CC2CO2)CC2CO2)cc1. The van der Waals surface area contributed by atoms with Crippen molar-refractivity contribution in [3.8, 4) is 0 Å². The maximum atomic E-state index is 5.66. The Morgan fingerprint density at radius 1 is 0.607 bits per heavy atom. The van der Waals surface area contributed by atoms with Crippen molar-refractivity contribution in [2.75, 3.05) is 26.3 Å². The summed E-state index contributed by atoms with van der Waals surface area (Å²) in [5, 5.41) is 0. The highest BCUT2D eigenvalue weighted by Gasteiger charge is 2.46. The largest absolute Gasteiger partial charge is 0.372 e. The highest BCUT2D eigenvalue weighted by atomic mass is 16.6. The fourth-order valence-corrected chi connectivity index (χ4v) is 4.27. The first-order valence-corrected chi connectivity index (χ1v) is 10.0. The van der Waals surface area contributed by atoms with Crippen LogP contribution >= 0.6 is 0 Å². The van der Waals surface area contributed by atoms with Crippen LogP contribution in [0.25, 0.3) is 0 Å². The van der Waals surface area contributed by atoms with Crippen LogP contribution in [-0.2, 0) is 15.0 Å². The van der Waals surface area contributed by atoms with E-state index in [2.05, 4.69) is 95.9 Å². The number of ether oxygens (including phenoxy) is 2. The van der Waals surface area contributed by atoms with Gasteiger partial charge in [-0.3, -0.25) is 4.90 Å². The maximum absolute atomic E-state index is 5.66. The quantitative estimate of drug-likeness (QED) is 0.441. The van der Waals surface area contributed by atoms with Crippen LogP contribution in [0.3, 0.4) is 0 Å². The summed E-state index contributed by atoms with van der Waals surface area (Å²) < 4.78 is 11.3. The van der Waals surface area contributed by atoms with Crippen molar-refractivity contribution in [2.24, 2.45) is 0 Å². The van der Waals surface area contributed by atoms with Gasteiger partial charge < -0.3 is 9.47 Å². The second kappa shape index (κ2) is 7.51. The molecule has 0 aliphatic carbocycles. The molecule has 2 heterocycles. The zero-order valence-corrected chi connectivity index (χ0v) is 15.9. The molecule has 0 bridgehead atoms. The molecule has 5 rings (SSSR count). The maximum Gasteiger partial charge on any atom is 0.0974 e. The second-order valence-electron chi connectivity index (χ2n) is 7.62. The predicted octanol–water partition coefficient (Wildman–Crippen LogP) is 4.08. The van der Waals surface area contributed by atoms with Crippen molar-refractivity contribution >= 4 is 0 Å². The van der Waals surface area contributed by atoms with Crippen molar-refractivity contribution in [3.05, 3.63) is 108 Å². The monoisotopic (exact) mass is 371 g/mol. The smallest absolute Gasteiger partial charge is 0.0974 e. The molecule has 2 fully saturated rings. The molecule has 0 saturated carbocycles. The second-order valence-corrected chi connectivity index (χ2v) is 7.62. The third-order valence-corrected chi connectivity index (χ3v) is 5.70. The lowest BCUT2D eigenvalue weighted by atomic mass is 9.75. The molecule has 2 aliphatic rings. The summed E-state index contributed by atoms with van der Waals surface area (Å²) in [7, 11) is 0. The number of hydrogen-bond donors (Lipinski definition) is 0. The molecule has 0 spiro atoms. The van der Waals surface area contributed by atoms with Crippen LogP contribution in [0.4, 0.5) is 0 Å². The van der Waals surface area contributed by atoms with Gasteiger partial charge in [0.2, 0.25) is 0 Å². The van der Waals surface area contributed by atoms with E-state index in [0.29, 0.717) is 12.2 Å². The van der Waals surface area contributed by atoms with Gasteiger partial charge in [0.05, 0.1) is 31.0 Å². The first-order valence-electron chi connectivity index (χ1n) is 10.0. The summed E-state index contributed by atoms with van der Waals surface area (Å²) in [5.74, 6) is 0. The molecule has 0 N–H and O–H groups in total. The zero-order valence-electron chi connectivity index (χ0n) is 15.9. The van der Waals surface area contributed by atoms with Gasteiger partial charge in [-0.25, -0.2) is 0 Å². The van der Waals surface area contributed by atoms with E-state index in [1.807, 2.05) is 0 Å². The lowest BCUT2D eigenvalue weighted by molar-refractivity contribution is 0.130. The summed E-state index contributed by atoms with van der Waals surface area (Å²) >= 11 is 0. The van der Waals surface area contributed by atoms with Crippen LogP contribution in [-0.4, -0.2) is 43.4 Å². The Hall–Kier alpha value is -2.46. The summed E-state index contributed by atoms with van der Waals surface area (Å²) in [6.45, 7) is 3.46. The molecule has 0 radical (unpaired) electrons.